The molecule has 0 heterocycles. The Morgan fingerprint density at radius 2 is 2.15 bits per heavy atom. The highest BCUT2D eigenvalue weighted by Crippen LogP contribution is 2.33. The normalized spacial score (nSPS) is 27.8. The van der Waals surface area contributed by atoms with E-state index in [2.05, 4.69) is 0 Å². The number of rotatable bonds is 1. The van der Waals surface area contributed by atoms with Crippen molar-refractivity contribution < 1.29 is 26.3 Å². The van der Waals surface area contributed by atoms with Gasteiger partial charge in [0.25, 0.3) is 0 Å². The van der Waals surface area contributed by atoms with Gasteiger partial charge in [-0.15, -0.1) is 0 Å². The van der Waals surface area contributed by atoms with Crippen LogP contribution in [0.15, 0.2) is 18.1 Å². The molecule has 0 radical (unpaired) electrons. The number of benzene rings is 1. The Labute approximate surface area is 96.0 Å². The summed E-state index contributed by atoms with van der Waals surface area (Å²) in [5.74, 6) is -2.07. The van der Waals surface area contributed by atoms with Gasteiger partial charge in [0, 0.05) is 17.9 Å². The van der Waals surface area contributed by atoms with Crippen LogP contribution in [0.2, 0.25) is 0 Å². The standard InChI is InChI=1S/C11H16O2/c1-11(2,3)9-7-8(13-4)5-6-10(9)12/h5-7,12H,1-4H3/i1D3,2D3,3D3,5D,6D,7D. The van der Waals surface area contributed by atoms with Gasteiger partial charge in [-0.05, 0) is 23.5 Å². The lowest BCUT2D eigenvalue weighted by molar-refractivity contribution is 0.405. The SMILES string of the molecule is [2H]c1c([2H])c(OC)c([2H])c(C(C([2H])([2H])[2H])(C([2H])([2H])[2H])C([2H])([2H])[2H])c1O. The molecule has 1 aromatic carbocycles. The second kappa shape index (κ2) is 3.29. The Kier molecular flexibility index (Phi) is 0.616. The van der Waals surface area contributed by atoms with Crippen molar-refractivity contribution in [3.8, 4) is 11.5 Å². The molecule has 0 amide bonds. The molecular formula is C11H16O2. The zero-order valence-electron chi connectivity index (χ0n) is 18.9. The number of methoxy groups -OCH3 is 1. The summed E-state index contributed by atoms with van der Waals surface area (Å²) in [4.78, 5) is 0. The van der Waals surface area contributed by atoms with Gasteiger partial charge in [0.2, 0.25) is 0 Å². The molecule has 0 aliphatic heterocycles. The summed E-state index contributed by atoms with van der Waals surface area (Å²) in [7, 11) is 0.980. The second-order valence-electron chi connectivity index (χ2n) is 2.38. The molecule has 0 unspecified atom stereocenters. The molecule has 0 aromatic heterocycles. The van der Waals surface area contributed by atoms with Crippen LogP contribution in [-0.4, -0.2) is 12.2 Å². The maximum absolute atomic E-state index is 10.2. The maximum Gasteiger partial charge on any atom is 0.119 e. The van der Waals surface area contributed by atoms with Crippen LogP contribution < -0.4 is 4.74 Å². The summed E-state index contributed by atoms with van der Waals surface area (Å²) in [5, 5.41) is 10.2. The number of phenols is 1. The van der Waals surface area contributed by atoms with Crippen molar-refractivity contribution in [3.05, 3.63) is 23.7 Å². The lowest BCUT2D eigenvalue weighted by Gasteiger charge is -2.20. The zero-order valence-corrected chi connectivity index (χ0v) is 6.86. The number of hydrogen-bond donors (Lipinski definition) is 1. The third-order valence-corrected chi connectivity index (χ3v) is 1.35. The first-order chi connectivity index (χ1) is 11.0. The molecule has 2 heteroatoms. The van der Waals surface area contributed by atoms with Gasteiger partial charge in [-0.2, -0.15) is 0 Å². The van der Waals surface area contributed by atoms with Gasteiger partial charge in [-0.3, -0.25) is 0 Å². The van der Waals surface area contributed by atoms with Gasteiger partial charge in [0.1, 0.15) is 11.5 Å². The maximum atomic E-state index is 10.2. The highest BCUT2D eigenvalue weighted by molar-refractivity contribution is 5.43. The zero-order chi connectivity index (χ0) is 20.2. The molecule has 2 nitrogen and oxygen atoms in total. The van der Waals surface area contributed by atoms with Crippen molar-refractivity contribution in [2.45, 2.75) is 26.0 Å². The van der Waals surface area contributed by atoms with Crippen molar-refractivity contribution in [3.63, 3.8) is 0 Å². The van der Waals surface area contributed by atoms with Crippen LogP contribution >= 0.6 is 0 Å². The Morgan fingerprint density at radius 1 is 1.46 bits per heavy atom. The molecule has 1 N–H and O–H groups in total. The van der Waals surface area contributed by atoms with Gasteiger partial charge in [-0.1, -0.05) is 20.6 Å². The summed E-state index contributed by atoms with van der Waals surface area (Å²) in [5.41, 5.74) is -4.95. The average Bonchev–Trinajstić information content (AvgIpc) is 2.37. The number of ether oxygens (including phenoxy) is 1. The van der Waals surface area contributed by atoms with E-state index in [-0.39, 0.29) is 0 Å². The molecule has 1 rings (SSSR count). The third kappa shape index (κ3) is 2.14. The van der Waals surface area contributed by atoms with Gasteiger partial charge in [0.15, 0.2) is 0 Å². The highest BCUT2D eigenvalue weighted by atomic mass is 16.5. The number of aromatic hydroxyl groups is 1. The van der Waals surface area contributed by atoms with E-state index in [0.29, 0.717) is 0 Å². The van der Waals surface area contributed by atoms with E-state index < -0.39 is 61.2 Å². The largest absolute Gasteiger partial charge is 0.508 e. The van der Waals surface area contributed by atoms with E-state index in [1.807, 2.05) is 0 Å². The fourth-order valence-electron chi connectivity index (χ4n) is 0.756. The van der Waals surface area contributed by atoms with Crippen LogP contribution in [0.3, 0.4) is 0 Å². The topological polar surface area (TPSA) is 29.5 Å². The predicted octanol–water partition coefficient (Wildman–Crippen LogP) is 2.70. The minimum Gasteiger partial charge on any atom is -0.508 e. The molecule has 0 aliphatic rings. The number of hydrogen-bond acceptors (Lipinski definition) is 2. The first-order valence-electron chi connectivity index (χ1n) is 9.34. The molecule has 0 atom stereocenters. The van der Waals surface area contributed by atoms with Gasteiger partial charge in [0.05, 0.1) is 11.2 Å². The fourth-order valence-corrected chi connectivity index (χ4v) is 0.756. The van der Waals surface area contributed by atoms with Gasteiger partial charge < -0.3 is 9.84 Å². The quantitative estimate of drug-likeness (QED) is 0.741. The van der Waals surface area contributed by atoms with E-state index in [0.717, 1.165) is 7.11 Å². The summed E-state index contributed by atoms with van der Waals surface area (Å²) in [6.07, 6.45) is 0. The molecular weight excluding hydrogens is 164 g/mol. The summed E-state index contributed by atoms with van der Waals surface area (Å²) in [6.45, 7) is -11.1. The van der Waals surface area contributed by atoms with Crippen LogP contribution in [0.1, 0.15) is 42.6 Å². The van der Waals surface area contributed by atoms with Gasteiger partial charge >= 0.3 is 0 Å². The fraction of sp³-hybridized carbons (Fsp3) is 0.455. The van der Waals surface area contributed by atoms with Crippen LogP contribution in [0.5, 0.6) is 11.5 Å². The summed E-state index contributed by atoms with van der Waals surface area (Å²) >= 11 is 0. The summed E-state index contributed by atoms with van der Waals surface area (Å²) in [6, 6.07) is -2.92. The van der Waals surface area contributed by atoms with Crippen molar-refractivity contribution in [1.29, 1.82) is 0 Å². The lowest BCUT2D eigenvalue weighted by Crippen LogP contribution is -2.11. The number of phenolic OH excluding ortho intramolecular Hbond substituents is 1. The molecule has 1 aromatic rings. The first kappa shape index (κ1) is 2.44. The summed E-state index contributed by atoms with van der Waals surface area (Å²) < 4.78 is 96.4. The van der Waals surface area contributed by atoms with Crippen LogP contribution in [0.25, 0.3) is 0 Å². The molecule has 0 saturated heterocycles. The predicted molar refractivity (Wildman–Crippen MR) is 53.4 cm³/mol. The molecule has 0 bridgehead atoms. The monoisotopic (exact) mass is 192 g/mol. The van der Waals surface area contributed by atoms with Crippen LogP contribution in [0.4, 0.5) is 0 Å². The van der Waals surface area contributed by atoms with E-state index >= 15 is 0 Å². The van der Waals surface area contributed by atoms with Crippen molar-refractivity contribution in [2.24, 2.45) is 0 Å². The second-order valence-corrected chi connectivity index (χ2v) is 2.38. The Balaban J connectivity index is 4.30. The molecule has 72 valence electrons. The van der Waals surface area contributed by atoms with Crippen molar-refractivity contribution in [1.82, 2.24) is 0 Å². The Hall–Kier alpha value is -1.18. The lowest BCUT2D eigenvalue weighted by atomic mass is 9.86. The third-order valence-electron chi connectivity index (χ3n) is 1.35. The van der Waals surface area contributed by atoms with Crippen molar-refractivity contribution in [2.75, 3.05) is 7.11 Å². The average molecular weight is 192 g/mol. The minimum absolute atomic E-state index is 0.708. The first-order valence-corrected chi connectivity index (χ1v) is 3.34. The van der Waals surface area contributed by atoms with Crippen LogP contribution in [-0.2, 0) is 5.41 Å². The van der Waals surface area contributed by atoms with Crippen LogP contribution in [0, 0.1) is 0 Å². The molecule has 0 saturated carbocycles. The van der Waals surface area contributed by atoms with Crippen molar-refractivity contribution >= 4 is 0 Å². The molecule has 0 aliphatic carbocycles. The van der Waals surface area contributed by atoms with E-state index in [9.17, 15) is 5.11 Å². The van der Waals surface area contributed by atoms with E-state index in [1.54, 1.807) is 0 Å². The van der Waals surface area contributed by atoms with Gasteiger partial charge in [-0.25, -0.2) is 0 Å². The molecule has 0 fully saturated rings. The Morgan fingerprint density at radius 3 is 2.69 bits per heavy atom. The van der Waals surface area contributed by atoms with E-state index in [4.69, 9.17) is 21.2 Å². The smallest absolute Gasteiger partial charge is 0.119 e. The minimum atomic E-state index is -3.71. The highest BCUT2D eigenvalue weighted by Gasteiger charge is 2.18. The Bertz CT molecular complexity index is 634. The molecule has 0 spiro atoms. The van der Waals surface area contributed by atoms with E-state index in [1.165, 1.54) is 0 Å². The molecule has 13 heavy (non-hydrogen) atoms.